The van der Waals surface area contributed by atoms with E-state index in [0.717, 1.165) is 10.9 Å². The second-order valence-corrected chi connectivity index (χ2v) is 5.63. The fraction of sp³-hybridized carbons (Fsp3) is 0.267. The van der Waals surface area contributed by atoms with Crippen molar-refractivity contribution in [3.8, 4) is 0 Å². The summed E-state index contributed by atoms with van der Waals surface area (Å²) in [4.78, 5) is 4.05. The Morgan fingerprint density at radius 2 is 1.83 bits per heavy atom. The van der Waals surface area contributed by atoms with E-state index in [1.165, 1.54) is 11.1 Å². The van der Waals surface area contributed by atoms with E-state index in [2.05, 4.69) is 46.0 Å². The Bertz CT molecular complexity index is 513. The molecule has 0 bridgehead atoms. The Morgan fingerprint density at radius 1 is 1.17 bits per heavy atom. The first-order valence-electron chi connectivity index (χ1n) is 6.00. The number of aromatic nitrogens is 1. The summed E-state index contributed by atoms with van der Waals surface area (Å²) >= 11 is 3.62. The van der Waals surface area contributed by atoms with Crippen LogP contribution in [0, 0.1) is 0 Å². The number of nitrogens with two attached hydrogens (primary N) is 1. The summed E-state index contributed by atoms with van der Waals surface area (Å²) in [5.74, 6) is 0. The van der Waals surface area contributed by atoms with E-state index in [4.69, 9.17) is 5.73 Å². The van der Waals surface area contributed by atoms with Crippen LogP contribution in [0.2, 0.25) is 0 Å². The van der Waals surface area contributed by atoms with Gasteiger partial charge < -0.3 is 5.73 Å². The molecule has 18 heavy (non-hydrogen) atoms. The third-order valence-electron chi connectivity index (χ3n) is 3.32. The Labute approximate surface area is 116 Å². The lowest BCUT2D eigenvalue weighted by Gasteiger charge is -2.30. The smallest absolute Gasteiger partial charge is 0.0270 e. The quantitative estimate of drug-likeness (QED) is 0.941. The number of nitrogens with zero attached hydrogens (tertiary/aromatic N) is 1. The number of pyridine rings is 1. The van der Waals surface area contributed by atoms with Gasteiger partial charge in [0.1, 0.15) is 0 Å². The minimum Gasteiger partial charge on any atom is -0.330 e. The Kier molecular flexibility index (Phi) is 4.15. The molecule has 0 aliphatic rings. The molecule has 2 rings (SSSR count). The third-order valence-corrected chi connectivity index (χ3v) is 4.01. The van der Waals surface area contributed by atoms with Gasteiger partial charge in [-0.3, -0.25) is 4.98 Å². The van der Waals surface area contributed by atoms with Crippen LogP contribution in [0.1, 0.15) is 18.1 Å². The van der Waals surface area contributed by atoms with Crippen LogP contribution in [0.4, 0.5) is 0 Å². The fourth-order valence-electron chi connectivity index (χ4n) is 2.18. The molecule has 2 nitrogen and oxygen atoms in total. The summed E-state index contributed by atoms with van der Waals surface area (Å²) in [6.45, 7) is 2.81. The zero-order valence-corrected chi connectivity index (χ0v) is 12.0. The lowest BCUT2D eigenvalue weighted by Crippen LogP contribution is -2.34. The highest BCUT2D eigenvalue weighted by atomic mass is 79.9. The molecule has 1 aromatic heterocycles. The highest BCUT2D eigenvalue weighted by molar-refractivity contribution is 9.10. The van der Waals surface area contributed by atoms with Crippen molar-refractivity contribution in [2.24, 2.45) is 5.73 Å². The number of hydrogen-bond donors (Lipinski definition) is 1. The molecule has 0 aliphatic carbocycles. The Balaban J connectivity index is 2.34. The molecule has 0 aliphatic heterocycles. The first kappa shape index (κ1) is 13.2. The molecule has 0 spiro atoms. The lowest BCUT2D eigenvalue weighted by atomic mass is 9.77. The molecule has 3 heteroatoms. The van der Waals surface area contributed by atoms with E-state index in [0.29, 0.717) is 6.54 Å². The highest BCUT2D eigenvalue weighted by Crippen LogP contribution is 2.32. The topological polar surface area (TPSA) is 38.9 Å². The van der Waals surface area contributed by atoms with E-state index in [1.807, 2.05) is 30.6 Å². The van der Waals surface area contributed by atoms with Crippen molar-refractivity contribution in [3.05, 3.63) is 64.4 Å². The molecule has 1 atom stereocenters. The van der Waals surface area contributed by atoms with Crippen molar-refractivity contribution >= 4 is 15.9 Å². The summed E-state index contributed by atoms with van der Waals surface area (Å²) in [6, 6.07) is 12.4. The molecule has 94 valence electrons. The van der Waals surface area contributed by atoms with E-state index in [-0.39, 0.29) is 5.41 Å². The average molecular weight is 305 g/mol. The number of halogens is 1. The Morgan fingerprint density at radius 3 is 2.44 bits per heavy atom. The summed E-state index contributed by atoms with van der Waals surface area (Å²) in [7, 11) is 0. The van der Waals surface area contributed by atoms with E-state index < -0.39 is 0 Å². The normalized spacial score (nSPS) is 14.2. The van der Waals surface area contributed by atoms with E-state index in [1.54, 1.807) is 0 Å². The maximum absolute atomic E-state index is 6.02. The molecule has 0 fully saturated rings. The molecule has 1 heterocycles. The van der Waals surface area contributed by atoms with Crippen molar-refractivity contribution in [2.45, 2.75) is 18.8 Å². The van der Waals surface area contributed by atoms with Gasteiger partial charge >= 0.3 is 0 Å². The second-order valence-electron chi connectivity index (χ2n) is 4.78. The molecule has 0 saturated carbocycles. The molecule has 1 aromatic carbocycles. The van der Waals surface area contributed by atoms with Crippen LogP contribution in [-0.4, -0.2) is 11.5 Å². The summed E-state index contributed by atoms with van der Waals surface area (Å²) in [5.41, 5.74) is 8.46. The second kappa shape index (κ2) is 5.63. The monoisotopic (exact) mass is 304 g/mol. The van der Waals surface area contributed by atoms with Crippen LogP contribution in [0.15, 0.2) is 53.3 Å². The number of benzene rings is 1. The van der Waals surface area contributed by atoms with Crippen molar-refractivity contribution in [2.75, 3.05) is 6.54 Å². The SMILES string of the molecule is CC(CN)(Cc1ccncc1)c1ccccc1Br. The van der Waals surface area contributed by atoms with Gasteiger partial charge in [-0.15, -0.1) is 0 Å². The Hall–Kier alpha value is -1.19. The third kappa shape index (κ3) is 2.79. The maximum Gasteiger partial charge on any atom is 0.0270 e. The van der Waals surface area contributed by atoms with Crippen LogP contribution in [0.5, 0.6) is 0 Å². The van der Waals surface area contributed by atoms with Gasteiger partial charge in [-0.2, -0.15) is 0 Å². The van der Waals surface area contributed by atoms with E-state index in [9.17, 15) is 0 Å². The minimum atomic E-state index is -0.0680. The lowest BCUT2D eigenvalue weighted by molar-refractivity contribution is 0.478. The molecule has 2 aromatic rings. The number of rotatable bonds is 4. The molecular weight excluding hydrogens is 288 g/mol. The minimum absolute atomic E-state index is 0.0680. The molecular formula is C15H17BrN2. The number of hydrogen-bond acceptors (Lipinski definition) is 2. The van der Waals surface area contributed by atoms with Crippen LogP contribution < -0.4 is 5.73 Å². The summed E-state index contributed by atoms with van der Waals surface area (Å²) < 4.78 is 1.12. The first-order valence-corrected chi connectivity index (χ1v) is 6.79. The molecule has 0 saturated heterocycles. The molecule has 1 unspecified atom stereocenters. The molecule has 0 radical (unpaired) electrons. The van der Waals surface area contributed by atoms with Gasteiger partial charge in [0.2, 0.25) is 0 Å². The molecule has 0 amide bonds. The zero-order chi connectivity index (χ0) is 13.0. The van der Waals surface area contributed by atoms with Gasteiger partial charge in [0, 0.05) is 28.8 Å². The maximum atomic E-state index is 6.02. The van der Waals surface area contributed by atoms with Crippen LogP contribution in [0.25, 0.3) is 0 Å². The van der Waals surface area contributed by atoms with Crippen molar-refractivity contribution in [3.63, 3.8) is 0 Å². The highest BCUT2D eigenvalue weighted by Gasteiger charge is 2.27. The summed E-state index contributed by atoms with van der Waals surface area (Å²) in [5, 5.41) is 0. The van der Waals surface area contributed by atoms with Gasteiger partial charge in [-0.1, -0.05) is 41.1 Å². The predicted molar refractivity (Wildman–Crippen MR) is 78.5 cm³/mol. The van der Waals surface area contributed by atoms with Gasteiger partial charge in [-0.05, 0) is 35.7 Å². The average Bonchev–Trinajstić information content (AvgIpc) is 2.40. The van der Waals surface area contributed by atoms with Crippen molar-refractivity contribution in [1.29, 1.82) is 0 Å². The van der Waals surface area contributed by atoms with Gasteiger partial charge in [0.05, 0.1) is 0 Å². The molecule has 2 N–H and O–H groups in total. The summed E-state index contributed by atoms with van der Waals surface area (Å²) in [6.07, 6.45) is 4.56. The van der Waals surface area contributed by atoms with Crippen molar-refractivity contribution in [1.82, 2.24) is 4.98 Å². The zero-order valence-electron chi connectivity index (χ0n) is 10.4. The van der Waals surface area contributed by atoms with Crippen LogP contribution >= 0.6 is 15.9 Å². The van der Waals surface area contributed by atoms with E-state index >= 15 is 0 Å². The fourth-order valence-corrected chi connectivity index (χ4v) is 2.94. The van der Waals surface area contributed by atoms with Gasteiger partial charge in [0.25, 0.3) is 0 Å². The van der Waals surface area contributed by atoms with Crippen LogP contribution in [0.3, 0.4) is 0 Å². The standard InChI is InChI=1S/C15H17BrN2/c1-15(11-17,10-12-6-8-18-9-7-12)13-4-2-3-5-14(13)16/h2-9H,10-11,17H2,1H3. The van der Waals surface area contributed by atoms with Gasteiger partial charge in [-0.25, -0.2) is 0 Å². The van der Waals surface area contributed by atoms with Gasteiger partial charge in [0.15, 0.2) is 0 Å². The first-order chi connectivity index (χ1) is 8.65. The van der Waals surface area contributed by atoms with Crippen LogP contribution in [-0.2, 0) is 11.8 Å². The largest absolute Gasteiger partial charge is 0.330 e. The van der Waals surface area contributed by atoms with Crippen molar-refractivity contribution < 1.29 is 0 Å². The predicted octanol–water partition coefficient (Wildman–Crippen LogP) is 3.30.